The minimum absolute atomic E-state index is 0.406. The Morgan fingerprint density at radius 3 is 2.76 bits per heavy atom. The number of nitrogens with zero attached hydrogens (tertiary/aromatic N) is 3. The number of aromatic nitrogens is 2. The molecule has 1 aliphatic heterocycles. The van der Waals surface area contributed by atoms with Crippen LogP contribution in [0.1, 0.15) is 36.6 Å². The van der Waals surface area contributed by atoms with Crippen molar-refractivity contribution in [2.24, 2.45) is 0 Å². The first kappa shape index (κ1) is 14.0. The molecule has 1 atom stereocenters. The Morgan fingerprint density at radius 1 is 1.19 bits per heavy atom. The van der Waals surface area contributed by atoms with E-state index in [1.54, 1.807) is 13.4 Å². The molecule has 1 fully saturated rings. The molecule has 1 aromatic heterocycles. The third-order valence-corrected chi connectivity index (χ3v) is 4.10. The summed E-state index contributed by atoms with van der Waals surface area (Å²) in [5.74, 6) is 0.907. The van der Waals surface area contributed by atoms with E-state index < -0.39 is 0 Å². The fraction of sp³-hybridized carbons (Fsp3) is 0.412. The minimum atomic E-state index is 0.406. The summed E-state index contributed by atoms with van der Waals surface area (Å²) < 4.78 is 5.22. The summed E-state index contributed by atoms with van der Waals surface area (Å²) in [6.45, 7) is 2.08. The molecule has 2 heterocycles. The lowest BCUT2D eigenvalue weighted by Crippen LogP contribution is -2.33. The molecule has 4 heteroatoms. The van der Waals surface area contributed by atoms with Crippen LogP contribution in [0.25, 0.3) is 0 Å². The van der Waals surface area contributed by atoms with E-state index >= 15 is 0 Å². The number of hydrogen-bond donors (Lipinski definition) is 0. The van der Waals surface area contributed by atoms with Gasteiger partial charge in [-0.15, -0.1) is 0 Å². The largest absolute Gasteiger partial charge is 0.497 e. The molecule has 0 amide bonds. The molecular weight excluding hydrogens is 262 g/mol. The number of piperidine rings is 1. The smallest absolute Gasteiger partial charge is 0.118 e. The fourth-order valence-electron chi connectivity index (χ4n) is 2.98. The second kappa shape index (κ2) is 6.68. The van der Waals surface area contributed by atoms with E-state index in [0.29, 0.717) is 6.04 Å². The van der Waals surface area contributed by atoms with Crippen molar-refractivity contribution in [2.75, 3.05) is 13.7 Å². The third-order valence-electron chi connectivity index (χ3n) is 4.10. The van der Waals surface area contributed by atoms with Crippen molar-refractivity contribution in [3.05, 3.63) is 54.1 Å². The van der Waals surface area contributed by atoms with E-state index in [4.69, 9.17) is 4.74 Å². The molecule has 0 N–H and O–H groups in total. The molecule has 0 aliphatic carbocycles. The highest BCUT2D eigenvalue weighted by molar-refractivity contribution is 5.27. The fourth-order valence-corrected chi connectivity index (χ4v) is 2.98. The molecule has 0 spiro atoms. The van der Waals surface area contributed by atoms with Gasteiger partial charge in [-0.2, -0.15) is 0 Å². The van der Waals surface area contributed by atoms with Crippen molar-refractivity contribution in [3.8, 4) is 5.75 Å². The summed E-state index contributed by atoms with van der Waals surface area (Å²) in [4.78, 5) is 11.0. The molecule has 2 aromatic rings. The highest BCUT2D eigenvalue weighted by atomic mass is 16.5. The topological polar surface area (TPSA) is 38.2 Å². The predicted octanol–water partition coefficient (Wildman–Crippen LogP) is 3.21. The van der Waals surface area contributed by atoms with Crippen molar-refractivity contribution >= 4 is 0 Å². The Morgan fingerprint density at radius 2 is 2.05 bits per heavy atom. The predicted molar refractivity (Wildman–Crippen MR) is 82.0 cm³/mol. The first-order valence-electron chi connectivity index (χ1n) is 7.50. The number of hydrogen-bond acceptors (Lipinski definition) is 4. The molecule has 1 aliphatic rings. The first-order valence-corrected chi connectivity index (χ1v) is 7.50. The summed E-state index contributed by atoms with van der Waals surface area (Å²) in [7, 11) is 1.70. The summed E-state index contributed by atoms with van der Waals surface area (Å²) in [6.07, 6.45) is 7.19. The van der Waals surface area contributed by atoms with Crippen molar-refractivity contribution in [2.45, 2.75) is 31.8 Å². The Hall–Kier alpha value is -1.94. The van der Waals surface area contributed by atoms with Gasteiger partial charge in [-0.05, 0) is 43.1 Å². The van der Waals surface area contributed by atoms with Crippen LogP contribution in [-0.2, 0) is 6.54 Å². The summed E-state index contributed by atoms with van der Waals surface area (Å²) >= 11 is 0. The number of benzene rings is 1. The second-order valence-corrected chi connectivity index (χ2v) is 5.46. The summed E-state index contributed by atoms with van der Waals surface area (Å²) in [5.41, 5.74) is 2.45. The zero-order chi connectivity index (χ0) is 14.5. The van der Waals surface area contributed by atoms with E-state index in [1.807, 2.05) is 24.4 Å². The Balaban J connectivity index is 1.75. The van der Waals surface area contributed by atoms with E-state index in [0.717, 1.165) is 24.5 Å². The Labute approximate surface area is 125 Å². The molecule has 1 saturated heterocycles. The highest BCUT2D eigenvalue weighted by Gasteiger charge is 2.24. The maximum Gasteiger partial charge on any atom is 0.118 e. The van der Waals surface area contributed by atoms with E-state index in [1.165, 1.54) is 24.8 Å². The number of methoxy groups -OCH3 is 1. The van der Waals surface area contributed by atoms with Gasteiger partial charge >= 0.3 is 0 Å². The normalized spacial score (nSPS) is 19.4. The quantitative estimate of drug-likeness (QED) is 0.863. The average Bonchev–Trinajstić information content (AvgIpc) is 2.57. The maximum atomic E-state index is 5.22. The van der Waals surface area contributed by atoms with Crippen molar-refractivity contribution in [1.29, 1.82) is 0 Å². The molecule has 21 heavy (non-hydrogen) atoms. The van der Waals surface area contributed by atoms with Gasteiger partial charge in [0.15, 0.2) is 0 Å². The van der Waals surface area contributed by atoms with Gasteiger partial charge in [0.1, 0.15) is 12.1 Å². The lowest BCUT2D eigenvalue weighted by Gasteiger charge is -2.35. The molecule has 1 aromatic carbocycles. The van der Waals surface area contributed by atoms with Crippen LogP contribution >= 0.6 is 0 Å². The third kappa shape index (κ3) is 3.39. The minimum Gasteiger partial charge on any atom is -0.497 e. The molecule has 0 unspecified atom stereocenters. The summed E-state index contributed by atoms with van der Waals surface area (Å²) in [6, 6.07) is 10.8. The monoisotopic (exact) mass is 283 g/mol. The van der Waals surface area contributed by atoms with Gasteiger partial charge in [0.25, 0.3) is 0 Å². The molecular formula is C17H21N3O. The van der Waals surface area contributed by atoms with Gasteiger partial charge in [-0.3, -0.25) is 4.90 Å². The van der Waals surface area contributed by atoms with Crippen LogP contribution in [0.15, 0.2) is 42.9 Å². The zero-order valence-corrected chi connectivity index (χ0v) is 12.4. The second-order valence-electron chi connectivity index (χ2n) is 5.46. The van der Waals surface area contributed by atoms with Gasteiger partial charge in [0, 0.05) is 12.7 Å². The van der Waals surface area contributed by atoms with E-state index in [9.17, 15) is 0 Å². The average molecular weight is 283 g/mol. The van der Waals surface area contributed by atoms with Crippen LogP contribution < -0.4 is 4.74 Å². The Bertz CT molecular complexity index is 556. The van der Waals surface area contributed by atoms with Gasteiger partial charge in [0.05, 0.1) is 18.8 Å². The maximum absolute atomic E-state index is 5.22. The molecule has 0 bridgehead atoms. The van der Waals surface area contributed by atoms with Crippen LogP contribution in [0, 0.1) is 0 Å². The van der Waals surface area contributed by atoms with Crippen molar-refractivity contribution < 1.29 is 4.74 Å². The number of rotatable bonds is 4. The van der Waals surface area contributed by atoms with Crippen LogP contribution in [0.4, 0.5) is 0 Å². The van der Waals surface area contributed by atoms with E-state index in [-0.39, 0.29) is 0 Å². The van der Waals surface area contributed by atoms with Crippen molar-refractivity contribution in [1.82, 2.24) is 14.9 Å². The zero-order valence-electron chi connectivity index (χ0n) is 12.4. The number of ether oxygens (including phenoxy) is 1. The van der Waals surface area contributed by atoms with Gasteiger partial charge in [0.2, 0.25) is 0 Å². The lowest BCUT2D eigenvalue weighted by molar-refractivity contribution is 0.137. The SMILES string of the molecule is COc1ccc(CN2CCCC[C@@H]2c2ccncn2)cc1. The molecule has 3 rings (SSSR count). The highest BCUT2D eigenvalue weighted by Crippen LogP contribution is 2.30. The molecule has 0 saturated carbocycles. The van der Waals surface area contributed by atoms with Crippen LogP contribution in [-0.4, -0.2) is 28.5 Å². The molecule has 110 valence electrons. The van der Waals surface area contributed by atoms with Crippen LogP contribution in [0.5, 0.6) is 5.75 Å². The standard InChI is InChI=1S/C17H21N3O/c1-21-15-7-5-14(6-8-15)12-20-11-3-2-4-17(20)16-9-10-18-13-19-16/h5-10,13,17H,2-4,11-12H2,1H3/t17-/m1/s1. The van der Waals surface area contributed by atoms with Gasteiger partial charge in [-0.1, -0.05) is 18.6 Å². The lowest BCUT2D eigenvalue weighted by atomic mass is 9.98. The first-order chi connectivity index (χ1) is 10.4. The molecule has 4 nitrogen and oxygen atoms in total. The summed E-state index contributed by atoms with van der Waals surface area (Å²) in [5, 5.41) is 0. The van der Waals surface area contributed by atoms with Gasteiger partial charge < -0.3 is 4.74 Å². The van der Waals surface area contributed by atoms with Crippen molar-refractivity contribution in [3.63, 3.8) is 0 Å². The Kier molecular flexibility index (Phi) is 4.46. The molecule has 0 radical (unpaired) electrons. The van der Waals surface area contributed by atoms with E-state index in [2.05, 4.69) is 27.0 Å². The van der Waals surface area contributed by atoms with Gasteiger partial charge in [-0.25, -0.2) is 9.97 Å². The van der Waals surface area contributed by atoms with Crippen LogP contribution in [0.2, 0.25) is 0 Å². The van der Waals surface area contributed by atoms with Crippen LogP contribution in [0.3, 0.4) is 0 Å². The number of likely N-dealkylation sites (tertiary alicyclic amines) is 1.